The van der Waals surface area contributed by atoms with E-state index in [1.165, 1.54) is 12.8 Å². The third kappa shape index (κ3) is 4.29. The minimum Gasteiger partial charge on any atom is -0.408 e. The van der Waals surface area contributed by atoms with E-state index >= 15 is 0 Å². The summed E-state index contributed by atoms with van der Waals surface area (Å²) in [5.74, 6) is 0.321. The Bertz CT molecular complexity index is 414. The van der Waals surface area contributed by atoms with Gasteiger partial charge in [0.05, 0.1) is 6.54 Å². The number of rotatable bonds is 6. The summed E-state index contributed by atoms with van der Waals surface area (Å²) in [6.45, 7) is 6.90. The van der Waals surface area contributed by atoms with E-state index in [0.29, 0.717) is 18.5 Å². The first-order valence-corrected chi connectivity index (χ1v) is 6.73. The predicted octanol–water partition coefficient (Wildman–Crippen LogP) is 0.390. The van der Waals surface area contributed by atoms with Crippen molar-refractivity contribution in [3.05, 3.63) is 5.89 Å². The van der Waals surface area contributed by atoms with Crippen molar-refractivity contribution in [2.75, 3.05) is 31.5 Å². The van der Waals surface area contributed by atoms with Crippen molar-refractivity contribution in [2.24, 2.45) is 0 Å². The number of carbonyl (C=O) groups is 1. The van der Waals surface area contributed by atoms with E-state index in [4.69, 9.17) is 4.42 Å². The summed E-state index contributed by atoms with van der Waals surface area (Å²) in [5, 5.41) is 13.5. The molecule has 1 aromatic rings. The lowest BCUT2D eigenvalue weighted by Gasteiger charge is -2.23. The Balaban J connectivity index is 1.78. The fourth-order valence-corrected chi connectivity index (χ4v) is 2.24. The average Bonchev–Trinajstić information content (AvgIpc) is 3.00. The van der Waals surface area contributed by atoms with Crippen LogP contribution in [0.3, 0.4) is 0 Å². The Morgan fingerprint density at radius 3 is 3.00 bits per heavy atom. The van der Waals surface area contributed by atoms with Crippen molar-refractivity contribution in [1.82, 2.24) is 20.4 Å². The highest BCUT2D eigenvalue weighted by Crippen LogP contribution is 2.07. The molecule has 106 valence electrons. The van der Waals surface area contributed by atoms with Crippen LogP contribution < -0.4 is 10.6 Å². The van der Waals surface area contributed by atoms with Crippen LogP contribution in [0, 0.1) is 6.92 Å². The van der Waals surface area contributed by atoms with Gasteiger partial charge in [-0.2, -0.15) is 0 Å². The summed E-state index contributed by atoms with van der Waals surface area (Å²) < 4.78 is 5.12. The van der Waals surface area contributed by atoms with Gasteiger partial charge in [0.1, 0.15) is 0 Å². The molecule has 1 aromatic heterocycles. The number of hydrogen-bond acceptors (Lipinski definition) is 6. The van der Waals surface area contributed by atoms with E-state index in [-0.39, 0.29) is 11.9 Å². The lowest BCUT2D eigenvalue weighted by molar-refractivity contribution is -0.117. The molecule has 19 heavy (non-hydrogen) atoms. The van der Waals surface area contributed by atoms with Gasteiger partial charge < -0.3 is 9.73 Å². The number of nitrogens with zero attached hydrogens (tertiary/aromatic N) is 3. The first-order valence-electron chi connectivity index (χ1n) is 6.73. The van der Waals surface area contributed by atoms with Gasteiger partial charge >= 0.3 is 6.01 Å². The first kappa shape index (κ1) is 14.0. The number of anilines is 1. The molecule has 1 unspecified atom stereocenters. The van der Waals surface area contributed by atoms with Crippen molar-refractivity contribution >= 4 is 11.9 Å². The molecular formula is C12H21N5O2. The number of nitrogens with one attached hydrogen (secondary N) is 2. The van der Waals surface area contributed by atoms with E-state index in [1.54, 1.807) is 6.92 Å². The number of hydrogen-bond donors (Lipinski definition) is 2. The van der Waals surface area contributed by atoms with E-state index in [0.717, 1.165) is 19.6 Å². The van der Waals surface area contributed by atoms with Gasteiger partial charge in [0.2, 0.25) is 11.8 Å². The highest BCUT2D eigenvalue weighted by atomic mass is 16.4. The van der Waals surface area contributed by atoms with Crippen molar-refractivity contribution in [3.63, 3.8) is 0 Å². The van der Waals surface area contributed by atoms with E-state index < -0.39 is 0 Å². The fourth-order valence-electron chi connectivity index (χ4n) is 2.24. The number of aromatic nitrogens is 2. The molecular weight excluding hydrogens is 246 g/mol. The SMILES string of the molecule is CCN(CC(=O)Nc1nnc(C)o1)CC1CCCN1. The van der Waals surface area contributed by atoms with Crippen LogP contribution in [0.2, 0.25) is 0 Å². The zero-order valence-electron chi connectivity index (χ0n) is 11.5. The van der Waals surface area contributed by atoms with Gasteiger partial charge in [-0.05, 0) is 25.9 Å². The van der Waals surface area contributed by atoms with Crippen molar-refractivity contribution in [3.8, 4) is 0 Å². The van der Waals surface area contributed by atoms with Crippen LogP contribution in [0.25, 0.3) is 0 Å². The normalized spacial score (nSPS) is 19.0. The van der Waals surface area contributed by atoms with Crippen LogP contribution >= 0.6 is 0 Å². The van der Waals surface area contributed by atoms with Gasteiger partial charge in [-0.25, -0.2) is 0 Å². The van der Waals surface area contributed by atoms with Gasteiger partial charge in [-0.1, -0.05) is 12.0 Å². The minimum atomic E-state index is -0.122. The molecule has 1 amide bonds. The largest absolute Gasteiger partial charge is 0.408 e. The highest BCUT2D eigenvalue weighted by molar-refractivity contribution is 5.90. The fraction of sp³-hybridized carbons (Fsp3) is 0.750. The summed E-state index contributed by atoms with van der Waals surface area (Å²) in [7, 11) is 0. The summed E-state index contributed by atoms with van der Waals surface area (Å²) in [6, 6.07) is 0.663. The number of likely N-dealkylation sites (N-methyl/N-ethyl adjacent to an activating group) is 1. The second-order valence-corrected chi connectivity index (χ2v) is 4.80. The molecule has 0 aliphatic carbocycles. The van der Waals surface area contributed by atoms with Crippen molar-refractivity contribution < 1.29 is 9.21 Å². The molecule has 0 radical (unpaired) electrons. The lowest BCUT2D eigenvalue weighted by Crippen LogP contribution is -2.41. The van der Waals surface area contributed by atoms with Crippen LogP contribution in [0.4, 0.5) is 6.01 Å². The molecule has 1 fully saturated rings. The van der Waals surface area contributed by atoms with Gasteiger partial charge in [0.25, 0.3) is 0 Å². The summed E-state index contributed by atoms with van der Waals surface area (Å²) in [6.07, 6.45) is 2.40. The second kappa shape index (κ2) is 6.63. The van der Waals surface area contributed by atoms with Gasteiger partial charge in [-0.3, -0.25) is 15.0 Å². The average molecular weight is 267 g/mol. The highest BCUT2D eigenvalue weighted by Gasteiger charge is 2.19. The molecule has 1 atom stereocenters. The molecule has 0 bridgehead atoms. The molecule has 7 nitrogen and oxygen atoms in total. The van der Waals surface area contributed by atoms with Gasteiger partial charge in [0.15, 0.2) is 0 Å². The standard InChI is InChI=1S/C12H21N5O2/c1-3-17(7-10-5-4-6-13-10)8-11(18)14-12-16-15-9(2)19-12/h10,13H,3-8H2,1-2H3,(H,14,16,18). The van der Waals surface area contributed by atoms with Crippen molar-refractivity contribution in [2.45, 2.75) is 32.7 Å². The zero-order chi connectivity index (χ0) is 13.7. The molecule has 2 rings (SSSR count). The molecule has 1 saturated heterocycles. The Kier molecular flexibility index (Phi) is 4.86. The molecule has 0 spiro atoms. The smallest absolute Gasteiger partial charge is 0.322 e. The topological polar surface area (TPSA) is 83.3 Å². The van der Waals surface area contributed by atoms with Crippen LogP contribution in [-0.4, -0.2) is 53.2 Å². The predicted molar refractivity (Wildman–Crippen MR) is 70.8 cm³/mol. The van der Waals surface area contributed by atoms with E-state index in [1.807, 2.05) is 0 Å². The molecule has 0 aromatic carbocycles. The molecule has 1 aliphatic rings. The number of amides is 1. The summed E-state index contributed by atoms with van der Waals surface area (Å²) in [4.78, 5) is 14.0. The number of aryl methyl sites for hydroxylation is 1. The van der Waals surface area contributed by atoms with Gasteiger partial charge in [-0.15, -0.1) is 5.10 Å². The molecule has 0 saturated carbocycles. The van der Waals surface area contributed by atoms with Gasteiger partial charge in [0, 0.05) is 19.5 Å². The zero-order valence-corrected chi connectivity index (χ0v) is 11.5. The molecule has 7 heteroatoms. The van der Waals surface area contributed by atoms with E-state index in [9.17, 15) is 4.79 Å². The summed E-state index contributed by atoms with van der Waals surface area (Å²) in [5.41, 5.74) is 0. The number of carbonyl (C=O) groups excluding carboxylic acids is 1. The maximum Gasteiger partial charge on any atom is 0.322 e. The third-order valence-corrected chi connectivity index (χ3v) is 3.23. The maximum atomic E-state index is 11.9. The van der Waals surface area contributed by atoms with Crippen molar-refractivity contribution in [1.29, 1.82) is 0 Å². The Morgan fingerprint density at radius 2 is 2.42 bits per heavy atom. The molecule has 1 aliphatic heterocycles. The van der Waals surface area contributed by atoms with Crippen LogP contribution in [0.5, 0.6) is 0 Å². The van der Waals surface area contributed by atoms with E-state index in [2.05, 4.69) is 32.7 Å². The Morgan fingerprint density at radius 1 is 1.58 bits per heavy atom. The Labute approximate surface area is 112 Å². The first-order chi connectivity index (χ1) is 9.17. The molecule has 2 N–H and O–H groups in total. The summed E-state index contributed by atoms with van der Waals surface area (Å²) >= 11 is 0. The van der Waals surface area contributed by atoms with Crippen LogP contribution in [0.1, 0.15) is 25.7 Å². The molecule has 2 heterocycles. The third-order valence-electron chi connectivity index (χ3n) is 3.23. The second-order valence-electron chi connectivity index (χ2n) is 4.80. The quantitative estimate of drug-likeness (QED) is 0.776. The maximum absolute atomic E-state index is 11.9. The lowest BCUT2D eigenvalue weighted by atomic mass is 10.2. The van der Waals surface area contributed by atoms with Crippen LogP contribution in [-0.2, 0) is 4.79 Å². The Hall–Kier alpha value is -1.47. The minimum absolute atomic E-state index is 0.122. The van der Waals surface area contributed by atoms with Crippen LogP contribution in [0.15, 0.2) is 4.42 Å². The monoisotopic (exact) mass is 267 g/mol.